The third-order valence-electron chi connectivity index (χ3n) is 6.63. The topological polar surface area (TPSA) is 119 Å². The second-order valence-corrected chi connectivity index (χ2v) is 11.8. The largest absolute Gasteiger partial charge is 0.496 e. The van der Waals surface area contributed by atoms with Gasteiger partial charge in [0.25, 0.3) is 11.8 Å². The Morgan fingerprint density at radius 3 is 2.43 bits per heavy atom. The van der Waals surface area contributed by atoms with E-state index in [-0.39, 0.29) is 17.4 Å². The van der Waals surface area contributed by atoms with Gasteiger partial charge in [-0.3, -0.25) is 14.4 Å². The van der Waals surface area contributed by atoms with Gasteiger partial charge in [-0.2, -0.15) is 0 Å². The second-order valence-electron chi connectivity index (χ2n) is 9.94. The minimum atomic E-state index is -0.502. The number of methoxy groups -OCH3 is 1. The van der Waals surface area contributed by atoms with Gasteiger partial charge in [0.2, 0.25) is 5.91 Å². The maximum Gasteiger partial charge on any atom is 0.272 e. The van der Waals surface area contributed by atoms with E-state index in [1.165, 1.54) is 23.1 Å². The number of thiazole rings is 1. The van der Waals surface area contributed by atoms with E-state index in [0.29, 0.717) is 40.1 Å². The molecule has 11 heteroatoms. The van der Waals surface area contributed by atoms with Crippen molar-refractivity contribution in [2.24, 2.45) is 0 Å². The molecule has 5 rings (SSSR count). The van der Waals surface area contributed by atoms with Crippen molar-refractivity contribution >= 4 is 57.7 Å². The van der Waals surface area contributed by atoms with Gasteiger partial charge in [-0.1, -0.05) is 48.5 Å². The number of hydrogen-bond acceptors (Lipinski definition) is 8. The fraction of sp³-hybridized carbons (Fsp3) is 0.111. The van der Waals surface area contributed by atoms with Crippen molar-refractivity contribution in [3.05, 3.63) is 125 Å². The zero-order valence-corrected chi connectivity index (χ0v) is 27.3. The molecule has 0 fully saturated rings. The Labute approximate surface area is 281 Å². The van der Waals surface area contributed by atoms with Crippen LogP contribution in [-0.4, -0.2) is 42.2 Å². The standard InChI is InChI=1S/C36H32N4O5S2/c1-3-45-27-18-16-24(17-19-27)20-30(38-34(42)25-10-5-4-6-11-25)35(43)37-26-12-9-13-28(21-26)46-23-33(41)40-36-39-31(22-47-36)29-14-7-8-15-32(29)44-2/h4-22H,3,23H2,1-2H3,(H,37,43)(H,38,42)(H,39,40,41)/b30-20+. The Kier molecular flexibility index (Phi) is 11.4. The highest BCUT2D eigenvalue weighted by Crippen LogP contribution is 2.32. The minimum Gasteiger partial charge on any atom is -0.496 e. The highest BCUT2D eigenvalue weighted by molar-refractivity contribution is 8.00. The number of para-hydroxylation sites is 1. The molecular weight excluding hydrogens is 633 g/mol. The first-order valence-electron chi connectivity index (χ1n) is 14.7. The third-order valence-corrected chi connectivity index (χ3v) is 8.38. The Balaban J connectivity index is 1.23. The van der Waals surface area contributed by atoms with Crippen molar-refractivity contribution in [2.45, 2.75) is 11.8 Å². The van der Waals surface area contributed by atoms with E-state index in [9.17, 15) is 14.4 Å². The van der Waals surface area contributed by atoms with E-state index in [1.807, 2.05) is 48.7 Å². The molecule has 0 aliphatic carbocycles. The maximum absolute atomic E-state index is 13.5. The SMILES string of the molecule is CCOc1ccc(/C=C(/NC(=O)c2ccccc2)C(=O)Nc2cccc(SCC(=O)Nc3nc(-c4ccccc4OC)cs3)c2)cc1. The normalized spacial score (nSPS) is 11.0. The molecule has 0 aliphatic rings. The van der Waals surface area contributed by atoms with Crippen molar-refractivity contribution in [2.75, 3.05) is 30.1 Å². The summed E-state index contributed by atoms with van der Waals surface area (Å²) in [5.41, 5.74) is 3.26. The number of carbonyl (C=O) groups excluding carboxylic acids is 3. The molecule has 0 bridgehead atoms. The number of benzene rings is 4. The fourth-order valence-corrected chi connectivity index (χ4v) is 5.90. The Morgan fingerprint density at radius 1 is 0.894 bits per heavy atom. The van der Waals surface area contributed by atoms with Gasteiger partial charge in [0.1, 0.15) is 17.2 Å². The van der Waals surface area contributed by atoms with E-state index in [1.54, 1.807) is 79.9 Å². The zero-order chi connectivity index (χ0) is 33.0. The molecule has 5 aromatic rings. The number of thioether (sulfide) groups is 1. The third kappa shape index (κ3) is 9.32. The highest BCUT2D eigenvalue weighted by Gasteiger charge is 2.16. The summed E-state index contributed by atoms with van der Waals surface area (Å²) in [6.45, 7) is 2.44. The van der Waals surface area contributed by atoms with Crippen LogP contribution in [0.4, 0.5) is 10.8 Å². The lowest BCUT2D eigenvalue weighted by atomic mass is 10.1. The van der Waals surface area contributed by atoms with Crippen molar-refractivity contribution in [1.29, 1.82) is 0 Å². The number of carbonyl (C=O) groups is 3. The van der Waals surface area contributed by atoms with Gasteiger partial charge in [0, 0.05) is 27.1 Å². The summed E-state index contributed by atoms with van der Waals surface area (Å²) in [4.78, 5) is 44.5. The molecule has 0 atom stereocenters. The number of nitrogens with zero attached hydrogens (tertiary/aromatic N) is 1. The number of hydrogen-bond donors (Lipinski definition) is 3. The van der Waals surface area contributed by atoms with Crippen LogP contribution in [0.1, 0.15) is 22.8 Å². The number of amides is 3. The van der Waals surface area contributed by atoms with Crippen molar-refractivity contribution in [3.63, 3.8) is 0 Å². The van der Waals surface area contributed by atoms with Gasteiger partial charge < -0.3 is 25.4 Å². The molecule has 0 aliphatic heterocycles. The summed E-state index contributed by atoms with van der Waals surface area (Å²) >= 11 is 2.65. The average molecular weight is 665 g/mol. The number of anilines is 2. The molecular formula is C36H32N4O5S2. The summed E-state index contributed by atoms with van der Waals surface area (Å²) in [5, 5.41) is 10.8. The predicted octanol–water partition coefficient (Wildman–Crippen LogP) is 7.36. The Morgan fingerprint density at radius 2 is 1.66 bits per heavy atom. The van der Waals surface area contributed by atoms with Crippen LogP contribution in [0.15, 0.2) is 119 Å². The molecule has 3 amide bonds. The summed E-state index contributed by atoms with van der Waals surface area (Å²) in [6.07, 6.45) is 1.60. The molecule has 4 aromatic carbocycles. The number of nitrogens with one attached hydrogen (secondary N) is 3. The van der Waals surface area contributed by atoms with Gasteiger partial charge in [-0.25, -0.2) is 4.98 Å². The van der Waals surface area contributed by atoms with Gasteiger partial charge in [0.15, 0.2) is 5.13 Å². The Hall–Kier alpha value is -5.39. The van der Waals surface area contributed by atoms with E-state index in [4.69, 9.17) is 9.47 Å². The minimum absolute atomic E-state index is 0.0661. The summed E-state index contributed by atoms with van der Waals surface area (Å²) < 4.78 is 10.9. The molecule has 0 saturated heterocycles. The van der Waals surface area contributed by atoms with Crippen LogP contribution in [0.3, 0.4) is 0 Å². The van der Waals surface area contributed by atoms with Crippen molar-refractivity contribution in [1.82, 2.24) is 10.3 Å². The van der Waals surface area contributed by atoms with Crippen LogP contribution in [-0.2, 0) is 9.59 Å². The van der Waals surface area contributed by atoms with Crippen LogP contribution >= 0.6 is 23.1 Å². The fourth-order valence-electron chi connectivity index (χ4n) is 4.41. The van der Waals surface area contributed by atoms with Gasteiger partial charge >= 0.3 is 0 Å². The zero-order valence-electron chi connectivity index (χ0n) is 25.7. The van der Waals surface area contributed by atoms with Gasteiger partial charge in [-0.15, -0.1) is 23.1 Å². The molecule has 238 valence electrons. The molecule has 0 radical (unpaired) electrons. The summed E-state index contributed by atoms with van der Waals surface area (Å²) in [6, 6.07) is 30.6. The van der Waals surface area contributed by atoms with Crippen LogP contribution in [0.2, 0.25) is 0 Å². The molecule has 0 unspecified atom stereocenters. The van der Waals surface area contributed by atoms with Crippen LogP contribution in [0.25, 0.3) is 17.3 Å². The average Bonchev–Trinajstić information content (AvgIpc) is 3.56. The van der Waals surface area contributed by atoms with Gasteiger partial charge in [-0.05, 0) is 73.2 Å². The lowest BCUT2D eigenvalue weighted by molar-refractivity contribution is -0.114. The highest BCUT2D eigenvalue weighted by atomic mass is 32.2. The van der Waals surface area contributed by atoms with E-state index in [2.05, 4.69) is 20.9 Å². The monoisotopic (exact) mass is 664 g/mol. The predicted molar refractivity (Wildman–Crippen MR) is 188 cm³/mol. The molecule has 1 aromatic heterocycles. The summed E-state index contributed by atoms with van der Waals surface area (Å²) in [7, 11) is 1.61. The smallest absolute Gasteiger partial charge is 0.272 e. The molecule has 1 heterocycles. The lowest BCUT2D eigenvalue weighted by Crippen LogP contribution is -2.30. The quantitative estimate of drug-likeness (QED) is 0.0889. The van der Waals surface area contributed by atoms with E-state index in [0.717, 1.165) is 16.2 Å². The van der Waals surface area contributed by atoms with Crippen molar-refractivity contribution in [3.8, 4) is 22.8 Å². The Bertz CT molecular complexity index is 1870. The summed E-state index contributed by atoms with van der Waals surface area (Å²) in [5.74, 6) is 0.416. The molecule has 3 N–H and O–H groups in total. The molecule has 0 spiro atoms. The van der Waals surface area contributed by atoms with Gasteiger partial charge in [0.05, 0.1) is 25.2 Å². The molecule has 47 heavy (non-hydrogen) atoms. The van der Waals surface area contributed by atoms with E-state index < -0.39 is 11.8 Å². The number of aromatic nitrogens is 1. The van der Waals surface area contributed by atoms with Crippen LogP contribution < -0.4 is 25.4 Å². The van der Waals surface area contributed by atoms with Crippen LogP contribution in [0.5, 0.6) is 11.5 Å². The first-order chi connectivity index (χ1) is 22.9. The first-order valence-corrected chi connectivity index (χ1v) is 16.5. The van der Waals surface area contributed by atoms with Crippen molar-refractivity contribution < 1.29 is 23.9 Å². The van der Waals surface area contributed by atoms with Crippen LogP contribution in [0, 0.1) is 0 Å². The van der Waals surface area contributed by atoms with E-state index >= 15 is 0 Å². The first kappa shape index (κ1) is 33.0. The number of rotatable bonds is 13. The lowest BCUT2D eigenvalue weighted by Gasteiger charge is -2.12. The number of ether oxygens (including phenoxy) is 2. The molecule has 9 nitrogen and oxygen atoms in total. The molecule has 0 saturated carbocycles. The maximum atomic E-state index is 13.5. The second kappa shape index (κ2) is 16.3.